The van der Waals surface area contributed by atoms with E-state index in [1.54, 1.807) is 0 Å². The number of benzene rings is 3. The summed E-state index contributed by atoms with van der Waals surface area (Å²) >= 11 is 0. The van der Waals surface area contributed by atoms with Crippen LogP contribution in [-0.2, 0) is 0 Å². The van der Waals surface area contributed by atoms with Crippen molar-refractivity contribution < 1.29 is 0 Å². The van der Waals surface area contributed by atoms with Crippen molar-refractivity contribution in [1.29, 1.82) is 5.41 Å². The van der Waals surface area contributed by atoms with Crippen LogP contribution in [0.2, 0.25) is 0 Å². The Labute approximate surface area is 213 Å². The standard InChI is InChI=1S/C33H31N3/c1-35-33(25-16-6-3-7-17-25)36-32(34)31-23-13-12-22-30(31)29-21-11-10-20-28(29)27-19-9-8-18-26(27)24-14-4-2-5-15-24/h3,6-14,16,18-23,25,34H,1-2,4-5,15,17H2/b34-32?,36-33-. The van der Waals surface area contributed by atoms with Crippen LogP contribution in [0.1, 0.15) is 43.2 Å². The highest BCUT2D eigenvalue weighted by atomic mass is 14.9. The molecule has 0 fully saturated rings. The Balaban J connectivity index is 1.59. The zero-order valence-corrected chi connectivity index (χ0v) is 20.5. The summed E-state index contributed by atoms with van der Waals surface area (Å²) in [5, 5.41) is 8.92. The molecule has 3 aromatic carbocycles. The van der Waals surface area contributed by atoms with Crippen LogP contribution >= 0.6 is 0 Å². The van der Waals surface area contributed by atoms with Crippen LogP contribution in [0, 0.1) is 11.3 Å². The summed E-state index contributed by atoms with van der Waals surface area (Å²) in [4.78, 5) is 8.82. The summed E-state index contributed by atoms with van der Waals surface area (Å²) < 4.78 is 0. The van der Waals surface area contributed by atoms with Gasteiger partial charge in [-0.1, -0.05) is 103 Å². The zero-order chi connectivity index (χ0) is 24.7. The fraction of sp³-hybridized carbons (Fsp3) is 0.182. The lowest BCUT2D eigenvalue weighted by Crippen LogP contribution is -2.13. The first-order valence-electron chi connectivity index (χ1n) is 12.7. The van der Waals surface area contributed by atoms with Gasteiger partial charge in [0.1, 0.15) is 5.84 Å². The molecule has 0 spiro atoms. The van der Waals surface area contributed by atoms with Gasteiger partial charge in [-0.3, -0.25) is 5.41 Å². The largest absolute Gasteiger partial charge is 0.282 e. The minimum atomic E-state index is 0.0444. The second-order valence-corrected chi connectivity index (χ2v) is 9.24. The molecule has 2 aliphatic rings. The average Bonchev–Trinajstić information content (AvgIpc) is 2.96. The predicted molar refractivity (Wildman–Crippen MR) is 154 cm³/mol. The molecule has 1 atom stereocenters. The van der Waals surface area contributed by atoms with Gasteiger partial charge in [-0.15, -0.1) is 0 Å². The van der Waals surface area contributed by atoms with Gasteiger partial charge in [-0.2, -0.15) is 0 Å². The molecule has 0 heterocycles. The molecule has 1 N–H and O–H groups in total. The minimum Gasteiger partial charge on any atom is -0.282 e. The van der Waals surface area contributed by atoms with Crippen molar-refractivity contribution in [2.45, 2.75) is 32.1 Å². The van der Waals surface area contributed by atoms with Crippen LogP contribution in [0.5, 0.6) is 0 Å². The van der Waals surface area contributed by atoms with Crippen molar-refractivity contribution in [2.75, 3.05) is 0 Å². The maximum absolute atomic E-state index is 8.92. The first kappa shape index (κ1) is 23.6. The summed E-state index contributed by atoms with van der Waals surface area (Å²) in [6.07, 6.45) is 16.2. The number of allylic oxidation sites excluding steroid dienone is 5. The number of nitrogens with one attached hydrogen (secondary N) is 1. The third-order valence-electron chi connectivity index (χ3n) is 6.95. The molecule has 0 aromatic heterocycles. The number of hydrogen-bond acceptors (Lipinski definition) is 1. The lowest BCUT2D eigenvalue weighted by Gasteiger charge is -2.19. The summed E-state index contributed by atoms with van der Waals surface area (Å²) in [6.45, 7) is 3.73. The summed E-state index contributed by atoms with van der Waals surface area (Å²) in [6, 6.07) is 25.3. The SMILES string of the molecule is C=N/C(=N\C(=N)c1ccccc1-c1ccccc1-c1ccccc1C1=CCCCC1)C1C=CC=CC1. The van der Waals surface area contributed by atoms with Crippen LogP contribution in [0.3, 0.4) is 0 Å². The number of amidine groups is 2. The van der Waals surface area contributed by atoms with Gasteiger partial charge in [0.2, 0.25) is 0 Å². The van der Waals surface area contributed by atoms with E-state index in [-0.39, 0.29) is 11.8 Å². The van der Waals surface area contributed by atoms with E-state index in [1.165, 1.54) is 35.1 Å². The van der Waals surface area contributed by atoms with E-state index in [1.807, 2.05) is 30.4 Å². The molecule has 36 heavy (non-hydrogen) atoms. The summed E-state index contributed by atoms with van der Waals surface area (Å²) in [5.74, 6) is 0.829. The number of hydrogen-bond donors (Lipinski definition) is 1. The topological polar surface area (TPSA) is 48.6 Å². The number of rotatable bonds is 5. The highest BCUT2D eigenvalue weighted by Gasteiger charge is 2.19. The second kappa shape index (κ2) is 11.1. The van der Waals surface area contributed by atoms with Crippen LogP contribution in [0.4, 0.5) is 0 Å². The van der Waals surface area contributed by atoms with E-state index in [9.17, 15) is 0 Å². The molecular formula is C33H31N3. The minimum absolute atomic E-state index is 0.0444. The normalized spacial score (nSPS) is 17.5. The zero-order valence-electron chi connectivity index (χ0n) is 20.5. The van der Waals surface area contributed by atoms with E-state index in [0.717, 1.165) is 36.0 Å². The lowest BCUT2D eigenvalue weighted by molar-refractivity contribution is 0.742. The van der Waals surface area contributed by atoms with Crippen molar-refractivity contribution >= 4 is 24.0 Å². The number of aliphatic imine (C=N–C) groups is 2. The van der Waals surface area contributed by atoms with Crippen molar-refractivity contribution in [3.05, 3.63) is 114 Å². The Morgan fingerprint density at radius 2 is 1.42 bits per heavy atom. The summed E-state index contributed by atoms with van der Waals surface area (Å²) in [5.41, 5.74) is 8.04. The fourth-order valence-corrected chi connectivity index (χ4v) is 5.14. The first-order valence-corrected chi connectivity index (χ1v) is 12.7. The molecule has 2 aliphatic carbocycles. The third-order valence-corrected chi connectivity index (χ3v) is 6.95. The maximum Gasteiger partial charge on any atom is 0.154 e. The monoisotopic (exact) mass is 469 g/mol. The van der Waals surface area contributed by atoms with Crippen molar-refractivity contribution in [1.82, 2.24) is 0 Å². The molecule has 0 amide bonds. The van der Waals surface area contributed by atoms with Gasteiger partial charge in [-0.25, -0.2) is 9.98 Å². The van der Waals surface area contributed by atoms with Gasteiger partial charge in [0.15, 0.2) is 5.84 Å². The highest BCUT2D eigenvalue weighted by molar-refractivity contribution is 6.10. The molecular weight excluding hydrogens is 438 g/mol. The molecule has 0 bridgehead atoms. The second-order valence-electron chi connectivity index (χ2n) is 9.24. The van der Waals surface area contributed by atoms with Gasteiger partial charge < -0.3 is 0 Å². The van der Waals surface area contributed by atoms with Crippen molar-refractivity contribution in [3.8, 4) is 22.3 Å². The Bertz CT molecular complexity index is 1400. The highest BCUT2D eigenvalue weighted by Crippen LogP contribution is 2.39. The Morgan fingerprint density at radius 1 is 0.778 bits per heavy atom. The molecule has 178 valence electrons. The molecule has 3 aromatic rings. The van der Waals surface area contributed by atoms with Crippen LogP contribution < -0.4 is 0 Å². The molecule has 5 rings (SSSR count). The van der Waals surface area contributed by atoms with Gasteiger partial charge in [0.25, 0.3) is 0 Å². The van der Waals surface area contributed by atoms with Gasteiger partial charge in [0, 0.05) is 11.5 Å². The first-order chi connectivity index (χ1) is 17.8. The lowest BCUT2D eigenvalue weighted by atomic mass is 9.85. The molecule has 3 heteroatoms. The van der Waals surface area contributed by atoms with Crippen molar-refractivity contribution in [2.24, 2.45) is 15.9 Å². The molecule has 1 unspecified atom stereocenters. The quantitative estimate of drug-likeness (QED) is 0.287. The molecule has 0 saturated heterocycles. The smallest absolute Gasteiger partial charge is 0.154 e. The van der Waals surface area contributed by atoms with Crippen LogP contribution in [0.15, 0.2) is 113 Å². The van der Waals surface area contributed by atoms with E-state index < -0.39 is 0 Å². The van der Waals surface area contributed by atoms with Gasteiger partial charge in [0.05, 0.1) is 0 Å². The Morgan fingerprint density at radius 3 is 2.06 bits per heavy atom. The average molecular weight is 470 g/mol. The molecule has 0 radical (unpaired) electrons. The van der Waals surface area contributed by atoms with Crippen LogP contribution in [0.25, 0.3) is 27.8 Å². The van der Waals surface area contributed by atoms with E-state index >= 15 is 0 Å². The van der Waals surface area contributed by atoms with Crippen molar-refractivity contribution in [3.63, 3.8) is 0 Å². The third kappa shape index (κ3) is 4.96. The van der Waals surface area contributed by atoms with E-state index in [2.05, 4.69) is 89.5 Å². The van der Waals surface area contributed by atoms with Gasteiger partial charge in [-0.05, 0) is 72.2 Å². The van der Waals surface area contributed by atoms with Gasteiger partial charge >= 0.3 is 0 Å². The Hall–Kier alpha value is -4.11. The molecule has 0 aliphatic heterocycles. The van der Waals surface area contributed by atoms with E-state index in [4.69, 9.17) is 5.41 Å². The van der Waals surface area contributed by atoms with E-state index in [0.29, 0.717) is 5.84 Å². The molecule has 0 saturated carbocycles. The Kier molecular flexibility index (Phi) is 7.28. The fourth-order valence-electron chi connectivity index (χ4n) is 5.14. The van der Waals surface area contributed by atoms with Crippen LogP contribution in [-0.4, -0.2) is 18.4 Å². The number of nitrogens with zero attached hydrogens (tertiary/aromatic N) is 2. The maximum atomic E-state index is 8.92. The predicted octanol–water partition coefficient (Wildman–Crippen LogP) is 8.53. The summed E-state index contributed by atoms with van der Waals surface area (Å²) in [7, 11) is 0. The molecule has 3 nitrogen and oxygen atoms in total.